The Morgan fingerprint density at radius 1 is 1.46 bits per heavy atom. The maximum atomic E-state index is 12.5. The standard InChI is InChI=1S/C9H7F3O/c10-5-8(12)9(13)6-2-1-3-7(11)4-6/h1-4,8H,5H2. The highest BCUT2D eigenvalue weighted by Crippen LogP contribution is 2.08. The molecule has 13 heavy (non-hydrogen) atoms. The average molecular weight is 188 g/mol. The molecule has 0 amide bonds. The molecule has 1 unspecified atom stereocenters. The first kappa shape index (κ1) is 9.77. The highest BCUT2D eigenvalue weighted by atomic mass is 19.2. The van der Waals surface area contributed by atoms with E-state index < -0.39 is 24.4 Å². The molecule has 0 spiro atoms. The third kappa shape index (κ3) is 2.31. The van der Waals surface area contributed by atoms with E-state index in [-0.39, 0.29) is 5.56 Å². The number of benzene rings is 1. The number of carbonyl (C=O) groups is 1. The van der Waals surface area contributed by atoms with Crippen LogP contribution in [-0.4, -0.2) is 18.6 Å². The zero-order valence-corrected chi connectivity index (χ0v) is 6.64. The smallest absolute Gasteiger partial charge is 0.199 e. The van der Waals surface area contributed by atoms with Crippen molar-refractivity contribution in [2.75, 3.05) is 6.67 Å². The molecule has 1 rings (SSSR count). The molecular formula is C9H7F3O. The molecule has 1 atom stereocenters. The topological polar surface area (TPSA) is 17.1 Å². The van der Waals surface area contributed by atoms with Gasteiger partial charge in [0.2, 0.25) is 0 Å². The van der Waals surface area contributed by atoms with Gasteiger partial charge in [0.1, 0.15) is 12.5 Å². The number of carbonyl (C=O) groups excluding carboxylic acids is 1. The van der Waals surface area contributed by atoms with Gasteiger partial charge < -0.3 is 0 Å². The Bertz CT molecular complexity index is 311. The molecule has 0 aliphatic heterocycles. The molecule has 1 aromatic rings. The Morgan fingerprint density at radius 3 is 2.69 bits per heavy atom. The van der Waals surface area contributed by atoms with Crippen LogP contribution in [0.25, 0.3) is 0 Å². The minimum Gasteiger partial charge on any atom is -0.291 e. The quantitative estimate of drug-likeness (QED) is 0.665. The van der Waals surface area contributed by atoms with E-state index in [1.54, 1.807) is 0 Å². The number of hydrogen-bond donors (Lipinski definition) is 0. The maximum Gasteiger partial charge on any atom is 0.199 e. The van der Waals surface area contributed by atoms with Crippen LogP contribution in [0.4, 0.5) is 13.2 Å². The molecule has 0 saturated heterocycles. The summed E-state index contributed by atoms with van der Waals surface area (Å²) in [5.41, 5.74) is -0.148. The molecular weight excluding hydrogens is 181 g/mol. The summed E-state index contributed by atoms with van der Waals surface area (Å²) in [5.74, 6) is -1.67. The predicted molar refractivity (Wildman–Crippen MR) is 41.6 cm³/mol. The lowest BCUT2D eigenvalue weighted by Gasteiger charge is -2.02. The van der Waals surface area contributed by atoms with Gasteiger partial charge in [0, 0.05) is 5.56 Å². The van der Waals surface area contributed by atoms with E-state index in [0.717, 1.165) is 12.1 Å². The van der Waals surface area contributed by atoms with Crippen molar-refractivity contribution >= 4 is 5.78 Å². The molecule has 0 N–H and O–H groups in total. The summed E-state index contributed by atoms with van der Waals surface area (Å²) in [7, 11) is 0. The van der Waals surface area contributed by atoms with Crippen molar-refractivity contribution in [1.82, 2.24) is 0 Å². The second kappa shape index (κ2) is 4.07. The van der Waals surface area contributed by atoms with Crippen molar-refractivity contribution in [2.24, 2.45) is 0 Å². The van der Waals surface area contributed by atoms with E-state index in [1.165, 1.54) is 12.1 Å². The van der Waals surface area contributed by atoms with Crippen molar-refractivity contribution in [3.05, 3.63) is 35.6 Å². The van der Waals surface area contributed by atoms with Gasteiger partial charge in [0.05, 0.1) is 0 Å². The fourth-order valence-electron chi connectivity index (χ4n) is 0.893. The lowest BCUT2D eigenvalue weighted by atomic mass is 10.1. The van der Waals surface area contributed by atoms with Crippen LogP contribution in [-0.2, 0) is 0 Å². The molecule has 0 saturated carbocycles. The molecule has 1 aromatic carbocycles. The number of halogens is 3. The molecule has 1 nitrogen and oxygen atoms in total. The molecule has 70 valence electrons. The molecule has 0 aliphatic carbocycles. The third-order valence-corrected chi connectivity index (χ3v) is 1.53. The van der Waals surface area contributed by atoms with Crippen LogP contribution in [0.1, 0.15) is 10.4 Å². The summed E-state index contributed by atoms with van der Waals surface area (Å²) >= 11 is 0. The summed E-state index contributed by atoms with van der Waals surface area (Å²) in [6.45, 7) is -1.38. The molecule has 4 heteroatoms. The average Bonchev–Trinajstić information content (AvgIpc) is 2.15. The first-order valence-electron chi connectivity index (χ1n) is 3.65. The van der Waals surface area contributed by atoms with Crippen molar-refractivity contribution < 1.29 is 18.0 Å². The predicted octanol–water partition coefficient (Wildman–Crippen LogP) is 2.32. The number of alkyl halides is 2. The molecule has 0 heterocycles. The van der Waals surface area contributed by atoms with Gasteiger partial charge in [-0.15, -0.1) is 0 Å². The number of hydrogen-bond acceptors (Lipinski definition) is 1. The van der Waals surface area contributed by atoms with Gasteiger partial charge in [-0.3, -0.25) is 4.79 Å². The SMILES string of the molecule is O=C(c1cccc(F)c1)C(F)CF. The van der Waals surface area contributed by atoms with Crippen LogP contribution in [0.15, 0.2) is 24.3 Å². The monoisotopic (exact) mass is 188 g/mol. The fourth-order valence-corrected chi connectivity index (χ4v) is 0.893. The molecule has 0 bridgehead atoms. The van der Waals surface area contributed by atoms with E-state index >= 15 is 0 Å². The Kier molecular flexibility index (Phi) is 3.06. The fraction of sp³-hybridized carbons (Fsp3) is 0.222. The summed E-state index contributed by atoms with van der Waals surface area (Å²) < 4.78 is 36.8. The van der Waals surface area contributed by atoms with Gasteiger partial charge in [-0.05, 0) is 12.1 Å². The first-order valence-corrected chi connectivity index (χ1v) is 3.65. The number of ketones is 1. The maximum absolute atomic E-state index is 12.5. The van der Waals surface area contributed by atoms with Gasteiger partial charge >= 0.3 is 0 Å². The Balaban J connectivity index is 2.89. The van der Waals surface area contributed by atoms with E-state index in [4.69, 9.17) is 0 Å². The summed E-state index contributed by atoms with van der Waals surface area (Å²) in [6, 6.07) is 4.52. The zero-order chi connectivity index (χ0) is 9.84. The van der Waals surface area contributed by atoms with Crippen LogP contribution in [0.2, 0.25) is 0 Å². The second-order valence-electron chi connectivity index (χ2n) is 2.50. The molecule has 0 radical (unpaired) electrons. The van der Waals surface area contributed by atoms with E-state index in [9.17, 15) is 18.0 Å². The molecule has 0 aromatic heterocycles. The molecule has 0 aliphatic rings. The lowest BCUT2D eigenvalue weighted by molar-refractivity contribution is 0.0850. The summed E-state index contributed by atoms with van der Waals surface area (Å²) in [6.07, 6.45) is -2.19. The lowest BCUT2D eigenvalue weighted by Crippen LogP contribution is -2.17. The second-order valence-corrected chi connectivity index (χ2v) is 2.50. The van der Waals surface area contributed by atoms with E-state index in [1.807, 2.05) is 0 Å². The number of Topliss-reactive ketones (excluding diaryl/α,β-unsaturated/α-hetero) is 1. The number of rotatable bonds is 3. The third-order valence-electron chi connectivity index (χ3n) is 1.53. The van der Waals surface area contributed by atoms with E-state index in [2.05, 4.69) is 0 Å². The largest absolute Gasteiger partial charge is 0.291 e. The van der Waals surface area contributed by atoms with Crippen molar-refractivity contribution in [3.63, 3.8) is 0 Å². The van der Waals surface area contributed by atoms with Crippen LogP contribution in [0.3, 0.4) is 0 Å². The van der Waals surface area contributed by atoms with Crippen LogP contribution in [0.5, 0.6) is 0 Å². The highest BCUT2D eigenvalue weighted by molar-refractivity contribution is 5.99. The van der Waals surface area contributed by atoms with Crippen molar-refractivity contribution in [3.8, 4) is 0 Å². The van der Waals surface area contributed by atoms with Gasteiger partial charge in [0.15, 0.2) is 12.0 Å². The van der Waals surface area contributed by atoms with Gasteiger partial charge in [0.25, 0.3) is 0 Å². The van der Waals surface area contributed by atoms with Crippen LogP contribution >= 0.6 is 0 Å². The Labute approximate surface area is 73.2 Å². The minimum atomic E-state index is -2.19. The Hall–Kier alpha value is -1.32. The molecule has 0 fully saturated rings. The summed E-state index contributed by atoms with van der Waals surface area (Å²) in [4.78, 5) is 10.9. The Morgan fingerprint density at radius 2 is 2.15 bits per heavy atom. The van der Waals surface area contributed by atoms with E-state index in [0.29, 0.717) is 0 Å². The normalized spacial score (nSPS) is 12.5. The van der Waals surface area contributed by atoms with Crippen molar-refractivity contribution in [2.45, 2.75) is 6.17 Å². The van der Waals surface area contributed by atoms with Gasteiger partial charge in [-0.1, -0.05) is 12.1 Å². The minimum absolute atomic E-state index is 0.148. The van der Waals surface area contributed by atoms with Gasteiger partial charge in [-0.2, -0.15) is 0 Å². The van der Waals surface area contributed by atoms with Crippen molar-refractivity contribution in [1.29, 1.82) is 0 Å². The zero-order valence-electron chi connectivity index (χ0n) is 6.64. The van der Waals surface area contributed by atoms with Gasteiger partial charge in [-0.25, -0.2) is 13.2 Å². The summed E-state index contributed by atoms with van der Waals surface area (Å²) in [5, 5.41) is 0. The van der Waals surface area contributed by atoms with Crippen LogP contribution < -0.4 is 0 Å². The van der Waals surface area contributed by atoms with Crippen LogP contribution in [0, 0.1) is 5.82 Å². The highest BCUT2D eigenvalue weighted by Gasteiger charge is 2.18. The first-order chi connectivity index (χ1) is 6.15.